The summed E-state index contributed by atoms with van der Waals surface area (Å²) < 4.78 is 13.9. The first-order chi connectivity index (χ1) is 15.6. The van der Waals surface area contributed by atoms with Crippen LogP contribution < -0.4 is 0 Å². The third-order valence-corrected chi connectivity index (χ3v) is 7.72. The average Bonchev–Trinajstić information content (AvgIpc) is 3.44. The van der Waals surface area contributed by atoms with Gasteiger partial charge in [0.1, 0.15) is 0 Å². The number of benzene rings is 1. The van der Waals surface area contributed by atoms with Crippen LogP contribution in [0.3, 0.4) is 0 Å². The average molecular weight is 455 g/mol. The van der Waals surface area contributed by atoms with Crippen molar-refractivity contribution < 1.29 is 22.9 Å². The predicted molar refractivity (Wildman–Crippen MR) is 125 cm³/mol. The third kappa shape index (κ3) is 4.09. The van der Waals surface area contributed by atoms with Crippen LogP contribution in [0, 0.1) is 0 Å². The van der Waals surface area contributed by atoms with E-state index >= 15 is 0 Å². The van der Waals surface area contributed by atoms with Crippen LogP contribution in [0.4, 0.5) is 0 Å². The molecule has 1 saturated heterocycles. The molecule has 1 aliphatic heterocycles. The van der Waals surface area contributed by atoms with Gasteiger partial charge < -0.3 is 35.5 Å². The minimum absolute atomic E-state index is 0.318. The van der Waals surface area contributed by atoms with Gasteiger partial charge in [0.2, 0.25) is 0 Å². The number of hydrogen-bond acceptors (Lipinski definition) is 4. The smallest absolute Gasteiger partial charge is 0.335 e. The molecule has 2 aliphatic rings. The highest BCUT2D eigenvalue weighted by atomic mass is 32.1. The molecule has 7 heteroatoms. The van der Waals surface area contributed by atoms with E-state index in [0.29, 0.717) is 28.6 Å². The van der Waals surface area contributed by atoms with Gasteiger partial charge in [0.15, 0.2) is 0 Å². The first-order valence-corrected chi connectivity index (χ1v) is 12.0. The molecule has 170 valence electrons. The standard InChI is InChI=1S/C25H30N2O4S/c28-25(29)19-6-7-21-22(16-19)26(9-10-27(32)11-14-30-15-12-27)24(20-8-13-31-17-20)23(21)18-4-2-1-3-5-18/h6-8,13,16-18H,1-5,9-12,14-15H2,(H,28,29). The summed E-state index contributed by atoms with van der Waals surface area (Å²) in [4.78, 5) is 11.8. The Bertz CT molecular complexity index is 1090. The summed E-state index contributed by atoms with van der Waals surface area (Å²) in [7, 11) is 0. The number of carbonyl (C=O) groups is 1. The van der Waals surface area contributed by atoms with E-state index in [9.17, 15) is 9.90 Å². The molecule has 0 radical (unpaired) electrons. The Balaban J connectivity index is 1.67. The number of rotatable bonds is 6. The lowest BCUT2D eigenvalue weighted by molar-refractivity contribution is -0.805. The fourth-order valence-corrected chi connectivity index (χ4v) is 5.67. The molecular formula is C25H30N2O4S. The topological polar surface area (TPSA) is 64.6 Å². The quantitative estimate of drug-likeness (QED) is 0.421. The number of morpholine rings is 1. The summed E-state index contributed by atoms with van der Waals surface area (Å²) in [6.07, 6.45) is 9.63. The molecule has 1 aliphatic carbocycles. The summed E-state index contributed by atoms with van der Waals surface area (Å²) in [6.45, 7) is 4.57. The van der Waals surface area contributed by atoms with E-state index in [1.807, 2.05) is 24.5 Å². The molecule has 32 heavy (non-hydrogen) atoms. The zero-order chi connectivity index (χ0) is 22.1. The molecule has 0 unspecified atom stereocenters. The Morgan fingerprint density at radius 1 is 1.16 bits per heavy atom. The summed E-state index contributed by atoms with van der Waals surface area (Å²) in [6, 6.07) is 7.60. The van der Waals surface area contributed by atoms with E-state index in [1.165, 1.54) is 37.7 Å². The molecule has 0 bridgehead atoms. The molecular weight excluding hydrogens is 424 g/mol. The molecule has 0 atom stereocenters. The fraction of sp³-hybridized carbons (Fsp3) is 0.480. The molecule has 0 amide bonds. The maximum absolute atomic E-state index is 11.8. The number of carboxylic acids is 1. The largest absolute Gasteiger partial charge is 0.494 e. The Hall–Kier alpha value is -2.22. The normalized spacial score (nSPS) is 19.4. The molecule has 2 aromatic heterocycles. The van der Waals surface area contributed by atoms with Gasteiger partial charge in [0.05, 0.1) is 63.2 Å². The lowest BCUT2D eigenvalue weighted by Gasteiger charge is -2.47. The van der Waals surface area contributed by atoms with Gasteiger partial charge in [-0.1, -0.05) is 25.3 Å². The van der Waals surface area contributed by atoms with Gasteiger partial charge in [0, 0.05) is 16.5 Å². The molecule has 6 nitrogen and oxygen atoms in total. The molecule has 5 rings (SSSR count). The second-order valence-corrected chi connectivity index (χ2v) is 9.91. The van der Waals surface area contributed by atoms with Crippen LogP contribution in [0.2, 0.25) is 0 Å². The molecule has 3 heterocycles. The van der Waals surface area contributed by atoms with Crippen molar-refractivity contribution in [3.8, 4) is 11.3 Å². The van der Waals surface area contributed by atoms with E-state index in [0.717, 1.165) is 48.3 Å². The number of aromatic nitrogens is 1. The lowest BCUT2D eigenvalue weighted by Crippen LogP contribution is -2.52. The van der Waals surface area contributed by atoms with Crippen molar-refractivity contribution in [2.24, 2.45) is 0 Å². The van der Waals surface area contributed by atoms with Gasteiger partial charge in [0.25, 0.3) is 0 Å². The van der Waals surface area contributed by atoms with Gasteiger partial charge in [-0.3, -0.25) is 0 Å². The zero-order valence-corrected chi connectivity index (χ0v) is 19.1. The van der Waals surface area contributed by atoms with E-state index in [2.05, 4.69) is 4.57 Å². The first kappa shape index (κ1) is 21.6. The van der Waals surface area contributed by atoms with Crippen molar-refractivity contribution in [3.63, 3.8) is 0 Å². The summed E-state index contributed by atoms with van der Waals surface area (Å²) >= 11 is 5.95. The summed E-state index contributed by atoms with van der Waals surface area (Å²) in [5.74, 6) is -0.424. The van der Waals surface area contributed by atoms with Crippen molar-refractivity contribution in [3.05, 3.63) is 47.9 Å². The molecule has 1 N–H and O–H groups in total. The molecule has 3 aromatic rings. The van der Waals surface area contributed by atoms with Crippen molar-refractivity contribution in [1.29, 1.82) is 0 Å². The number of fused-ring (bicyclic) bond motifs is 1. The minimum atomic E-state index is -0.899. The fourth-order valence-electron chi connectivity index (χ4n) is 5.44. The van der Waals surface area contributed by atoms with Crippen molar-refractivity contribution in [2.45, 2.75) is 44.6 Å². The monoisotopic (exact) mass is 454 g/mol. The second kappa shape index (κ2) is 8.96. The Kier molecular flexibility index (Phi) is 6.05. The number of aromatic carboxylic acids is 1. The molecule has 1 saturated carbocycles. The van der Waals surface area contributed by atoms with Crippen molar-refractivity contribution in [1.82, 2.24) is 4.57 Å². The number of quaternary nitrogens is 1. The van der Waals surface area contributed by atoms with Crippen LogP contribution in [-0.2, 0) is 24.1 Å². The van der Waals surface area contributed by atoms with Crippen molar-refractivity contribution >= 4 is 29.7 Å². The zero-order valence-electron chi connectivity index (χ0n) is 18.3. The highest BCUT2D eigenvalue weighted by molar-refractivity contribution is 7.52. The highest BCUT2D eigenvalue weighted by Gasteiger charge is 2.28. The summed E-state index contributed by atoms with van der Waals surface area (Å²) in [5, 5.41) is 10.8. The van der Waals surface area contributed by atoms with E-state index in [4.69, 9.17) is 22.0 Å². The van der Waals surface area contributed by atoms with E-state index in [-0.39, 0.29) is 0 Å². The lowest BCUT2D eigenvalue weighted by atomic mass is 9.82. The number of nitrogens with zero attached hydrogens (tertiary/aromatic N) is 2. The van der Waals surface area contributed by atoms with Gasteiger partial charge >= 0.3 is 5.97 Å². The van der Waals surface area contributed by atoms with Gasteiger partial charge in [-0.15, -0.1) is 0 Å². The van der Waals surface area contributed by atoms with Crippen molar-refractivity contribution in [2.75, 3.05) is 32.8 Å². The van der Waals surface area contributed by atoms with Crippen LogP contribution in [0.25, 0.3) is 22.2 Å². The highest BCUT2D eigenvalue weighted by Crippen LogP contribution is 2.44. The minimum Gasteiger partial charge on any atom is -0.494 e. The van der Waals surface area contributed by atoms with Crippen LogP contribution in [0.15, 0.2) is 41.2 Å². The third-order valence-electron chi connectivity index (χ3n) is 7.18. The molecule has 1 aromatic carbocycles. The number of furan rings is 1. The first-order valence-electron chi connectivity index (χ1n) is 11.6. The van der Waals surface area contributed by atoms with Gasteiger partial charge in [-0.2, -0.15) is 0 Å². The SMILES string of the molecule is O=C(O)c1ccc2c(C3CCCCC3)c(-c3ccoc3)n(CC[N+]3([S-])CCOCC3)c2c1. The number of ether oxygens (including phenoxy) is 1. The summed E-state index contributed by atoms with van der Waals surface area (Å²) in [5.41, 5.74) is 4.86. The van der Waals surface area contributed by atoms with Crippen LogP contribution >= 0.6 is 0 Å². The Labute approximate surface area is 193 Å². The van der Waals surface area contributed by atoms with Crippen LogP contribution in [0.1, 0.15) is 53.9 Å². The maximum Gasteiger partial charge on any atom is 0.335 e. The molecule has 0 spiro atoms. The van der Waals surface area contributed by atoms with E-state index in [1.54, 1.807) is 12.3 Å². The Morgan fingerprint density at radius 2 is 1.94 bits per heavy atom. The number of carboxylic acid groups (broad SMARTS) is 1. The van der Waals surface area contributed by atoms with Crippen LogP contribution in [0.5, 0.6) is 0 Å². The molecule has 2 fully saturated rings. The van der Waals surface area contributed by atoms with Gasteiger partial charge in [-0.05, 0) is 42.5 Å². The Morgan fingerprint density at radius 3 is 2.62 bits per heavy atom. The van der Waals surface area contributed by atoms with Crippen LogP contribution in [-0.4, -0.2) is 52.4 Å². The maximum atomic E-state index is 11.8. The van der Waals surface area contributed by atoms with E-state index < -0.39 is 5.97 Å². The predicted octanol–water partition coefficient (Wildman–Crippen LogP) is 4.96. The number of hydrogen-bond donors (Lipinski definition) is 1. The van der Waals surface area contributed by atoms with Gasteiger partial charge in [-0.25, -0.2) is 4.79 Å². The second-order valence-electron chi connectivity index (χ2n) is 9.14.